The van der Waals surface area contributed by atoms with Gasteiger partial charge in [0, 0.05) is 16.9 Å². The van der Waals surface area contributed by atoms with Crippen molar-refractivity contribution in [1.82, 2.24) is 0 Å². The number of methoxy groups -OCH3 is 1. The van der Waals surface area contributed by atoms with Crippen LogP contribution in [0, 0.1) is 12.7 Å². The number of amides is 1. The molecule has 174 valence electrons. The molecule has 0 aliphatic heterocycles. The van der Waals surface area contributed by atoms with Gasteiger partial charge >= 0.3 is 0 Å². The van der Waals surface area contributed by atoms with Gasteiger partial charge in [0.1, 0.15) is 16.5 Å². The minimum absolute atomic E-state index is 0.00615. The van der Waals surface area contributed by atoms with Crippen LogP contribution in [0.1, 0.15) is 15.9 Å². The van der Waals surface area contributed by atoms with Crippen LogP contribution in [0.2, 0.25) is 0 Å². The van der Waals surface area contributed by atoms with E-state index in [9.17, 15) is 26.0 Å². The molecule has 0 aliphatic rings. The molecule has 0 heterocycles. The average molecular weight is 494 g/mol. The van der Waals surface area contributed by atoms with Crippen molar-refractivity contribution in [3.8, 4) is 5.75 Å². The Hall–Kier alpha value is -3.48. The van der Waals surface area contributed by atoms with Gasteiger partial charge in [0.2, 0.25) is 10.0 Å². The molecule has 0 saturated carbocycles. The molecule has 1 amide bonds. The van der Waals surface area contributed by atoms with Crippen molar-refractivity contribution in [2.24, 2.45) is 5.14 Å². The molecule has 0 aliphatic carbocycles. The number of sulfonamides is 2. The van der Waals surface area contributed by atoms with Gasteiger partial charge in [0.05, 0.1) is 12.0 Å². The van der Waals surface area contributed by atoms with E-state index < -0.39 is 31.8 Å². The summed E-state index contributed by atoms with van der Waals surface area (Å²) in [6.45, 7) is 1.61. The smallest absolute Gasteiger partial charge is 0.261 e. The Morgan fingerprint density at radius 1 is 0.939 bits per heavy atom. The van der Waals surface area contributed by atoms with E-state index in [-0.39, 0.29) is 32.5 Å². The van der Waals surface area contributed by atoms with Gasteiger partial charge in [-0.2, -0.15) is 0 Å². The van der Waals surface area contributed by atoms with Crippen LogP contribution >= 0.6 is 0 Å². The Bertz CT molecular complexity index is 1420. The van der Waals surface area contributed by atoms with Crippen LogP contribution in [-0.4, -0.2) is 29.9 Å². The van der Waals surface area contributed by atoms with Gasteiger partial charge in [-0.15, -0.1) is 0 Å². The van der Waals surface area contributed by atoms with Crippen LogP contribution in [0.25, 0.3) is 0 Å². The number of ether oxygens (including phenoxy) is 1. The summed E-state index contributed by atoms with van der Waals surface area (Å²) in [6, 6.07) is 12.6. The van der Waals surface area contributed by atoms with E-state index in [0.717, 1.165) is 18.2 Å². The van der Waals surface area contributed by atoms with Crippen LogP contribution in [0.15, 0.2) is 70.5 Å². The lowest BCUT2D eigenvalue weighted by atomic mass is 10.1. The van der Waals surface area contributed by atoms with Crippen molar-refractivity contribution >= 4 is 37.3 Å². The highest BCUT2D eigenvalue weighted by Gasteiger charge is 2.20. The van der Waals surface area contributed by atoms with Crippen molar-refractivity contribution in [1.29, 1.82) is 0 Å². The predicted molar refractivity (Wildman–Crippen MR) is 121 cm³/mol. The first kappa shape index (κ1) is 24.2. The SMILES string of the molecule is COc1ccc(NC(=O)c2cc(S(=O)(=O)Nc3ccc(F)cc3)ccc2C)cc1S(N)(=O)=O. The van der Waals surface area contributed by atoms with Crippen molar-refractivity contribution in [2.75, 3.05) is 17.1 Å². The summed E-state index contributed by atoms with van der Waals surface area (Å²) >= 11 is 0. The lowest BCUT2D eigenvalue weighted by molar-refractivity contribution is 0.102. The molecule has 3 aromatic rings. The maximum Gasteiger partial charge on any atom is 0.261 e. The fourth-order valence-corrected chi connectivity index (χ4v) is 4.73. The lowest BCUT2D eigenvalue weighted by Gasteiger charge is -2.13. The Kier molecular flexibility index (Phi) is 6.72. The molecule has 0 bridgehead atoms. The van der Waals surface area contributed by atoms with Crippen LogP contribution < -0.4 is 19.9 Å². The molecular formula is C21H20FN3O6S2. The van der Waals surface area contributed by atoms with Gasteiger partial charge in [0.15, 0.2) is 0 Å². The van der Waals surface area contributed by atoms with Crippen molar-refractivity contribution in [3.05, 3.63) is 77.6 Å². The molecule has 0 aromatic heterocycles. The first-order valence-electron chi connectivity index (χ1n) is 9.32. The number of rotatable bonds is 7. The maximum absolute atomic E-state index is 13.1. The first-order valence-corrected chi connectivity index (χ1v) is 12.3. The van der Waals surface area contributed by atoms with Gasteiger partial charge in [-0.3, -0.25) is 9.52 Å². The molecule has 33 heavy (non-hydrogen) atoms. The van der Waals surface area contributed by atoms with Crippen LogP contribution in [0.4, 0.5) is 15.8 Å². The summed E-state index contributed by atoms with van der Waals surface area (Å²) < 4.78 is 69.4. The zero-order valence-electron chi connectivity index (χ0n) is 17.5. The molecule has 0 saturated heterocycles. The normalized spacial score (nSPS) is 11.6. The fourth-order valence-electron chi connectivity index (χ4n) is 2.92. The summed E-state index contributed by atoms with van der Waals surface area (Å²) in [5, 5.41) is 7.72. The zero-order chi connectivity index (χ0) is 24.4. The van der Waals surface area contributed by atoms with Crippen molar-refractivity contribution < 1.29 is 30.8 Å². The van der Waals surface area contributed by atoms with Crippen molar-refractivity contribution in [2.45, 2.75) is 16.7 Å². The minimum atomic E-state index is -4.12. The van der Waals surface area contributed by atoms with E-state index in [1.807, 2.05) is 0 Å². The number of primary sulfonamides is 1. The average Bonchev–Trinajstić information content (AvgIpc) is 2.74. The minimum Gasteiger partial charge on any atom is -0.495 e. The molecule has 9 nitrogen and oxygen atoms in total. The van der Waals surface area contributed by atoms with Gasteiger partial charge in [-0.1, -0.05) is 6.07 Å². The summed E-state index contributed by atoms with van der Waals surface area (Å²) in [6.07, 6.45) is 0. The second-order valence-electron chi connectivity index (χ2n) is 6.95. The number of aryl methyl sites for hydroxylation is 1. The highest BCUT2D eigenvalue weighted by molar-refractivity contribution is 7.92. The van der Waals surface area contributed by atoms with E-state index in [2.05, 4.69) is 10.0 Å². The quantitative estimate of drug-likeness (QED) is 0.462. The lowest BCUT2D eigenvalue weighted by Crippen LogP contribution is -2.18. The first-order chi connectivity index (χ1) is 15.4. The number of benzene rings is 3. The van der Waals surface area contributed by atoms with E-state index in [1.165, 1.54) is 49.6 Å². The Labute approximate surface area is 190 Å². The molecular weight excluding hydrogens is 473 g/mol. The summed E-state index contributed by atoms with van der Waals surface area (Å²) in [5.41, 5.74) is 0.789. The fraction of sp³-hybridized carbons (Fsp3) is 0.0952. The van der Waals surface area contributed by atoms with E-state index in [0.29, 0.717) is 5.56 Å². The van der Waals surface area contributed by atoms with E-state index >= 15 is 0 Å². The highest BCUT2D eigenvalue weighted by Crippen LogP contribution is 2.27. The second-order valence-corrected chi connectivity index (χ2v) is 10.2. The number of anilines is 2. The van der Waals surface area contributed by atoms with Crippen molar-refractivity contribution in [3.63, 3.8) is 0 Å². The topological polar surface area (TPSA) is 145 Å². The predicted octanol–water partition coefficient (Wildman–Crippen LogP) is 2.84. The van der Waals surface area contributed by atoms with E-state index in [4.69, 9.17) is 9.88 Å². The molecule has 4 N–H and O–H groups in total. The third-order valence-electron chi connectivity index (χ3n) is 4.59. The second kappa shape index (κ2) is 9.17. The molecule has 3 aromatic carbocycles. The summed E-state index contributed by atoms with van der Waals surface area (Å²) in [5.74, 6) is -1.18. The number of carbonyl (C=O) groups is 1. The highest BCUT2D eigenvalue weighted by atomic mass is 32.2. The Morgan fingerprint density at radius 3 is 2.18 bits per heavy atom. The standard InChI is InChI=1S/C21H20FN3O6S2/c1-13-3-9-17(33(29,30)25-15-6-4-14(22)5-7-15)12-18(13)21(26)24-16-8-10-19(31-2)20(11-16)32(23,27)28/h3-12,25H,1-2H3,(H,24,26)(H2,23,27,28). The van der Waals surface area contributed by atoms with Crippen LogP contribution in [0.5, 0.6) is 5.75 Å². The molecule has 0 atom stereocenters. The van der Waals surface area contributed by atoms with Gasteiger partial charge < -0.3 is 10.1 Å². The Balaban J connectivity index is 1.90. The van der Waals surface area contributed by atoms with Crippen LogP contribution in [0.3, 0.4) is 0 Å². The maximum atomic E-state index is 13.1. The van der Waals surface area contributed by atoms with Gasteiger partial charge in [0.25, 0.3) is 15.9 Å². The third-order valence-corrected chi connectivity index (χ3v) is 6.90. The number of halogens is 1. The number of nitrogens with two attached hydrogens (primary N) is 1. The number of carbonyl (C=O) groups excluding carboxylic acids is 1. The number of nitrogens with one attached hydrogen (secondary N) is 2. The molecule has 0 radical (unpaired) electrons. The monoisotopic (exact) mass is 493 g/mol. The van der Waals surface area contributed by atoms with Gasteiger partial charge in [-0.25, -0.2) is 26.4 Å². The summed E-state index contributed by atoms with van der Waals surface area (Å²) in [7, 11) is -6.92. The molecule has 0 fully saturated rings. The Morgan fingerprint density at radius 2 is 1.58 bits per heavy atom. The van der Waals surface area contributed by atoms with E-state index in [1.54, 1.807) is 6.92 Å². The molecule has 12 heteroatoms. The van der Waals surface area contributed by atoms with Gasteiger partial charge in [-0.05, 0) is 67.1 Å². The summed E-state index contributed by atoms with van der Waals surface area (Å²) in [4.78, 5) is 12.3. The number of hydrogen-bond donors (Lipinski definition) is 3. The third kappa shape index (κ3) is 5.66. The van der Waals surface area contributed by atoms with Crippen LogP contribution in [-0.2, 0) is 20.0 Å². The molecule has 0 unspecified atom stereocenters. The molecule has 0 spiro atoms. The molecule has 3 rings (SSSR count). The largest absolute Gasteiger partial charge is 0.495 e. The zero-order valence-corrected chi connectivity index (χ0v) is 19.1. The number of hydrogen-bond acceptors (Lipinski definition) is 6.